The van der Waals surface area contributed by atoms with Crippen LogP contribution in [0.25, 0.3) is 22.2 Å². The average Bonchev–Trinajstić information content (AvgIpc) is 2.47. The highest BCUT2D eigenvalue weighted by molar-refractivity contribution is 5.82. The van der Waals surface area contributed by atoms with Crippen molar-refractivity contribution in [3.8, 4) is 17.0 Å². The van der Waals surface area contributed by atoms with Crippen LogP contribution in [0.1, 0.15) is 13.8 Å². The Morgan fingerprint density at radius 3 is 2.48 bits per heavy atom. The first-order valence-corrected chi connectivity index (χ1v) is 7.02. The zero-order valence-corrected chi connectivity index (χ0v) is 12.1. The molecule has 21 heavy (non-hydrogen) atoms. The van der Waals surface area contributed by atoms with Crippen molar-refractivity contribution in [2.75, 3.05) is 0 Å². The molecule has 0 spiro atoms. The first-order chi connectivity index (χ1) is 10.1. The molecule has 3 aromatic rings. The molecule has 0 atom stereocenters. The summed E-state index contributed by atoms with van der Waals surface area (Å²) in [6.07, 6.45) is 0.103. The van der Waals surface area contributed by atoms with Crippen molar-refractivity contribution < 1.29 is 4.74 Å². The van der Waals surface area contributed by atoms with E-state index in [4.69, 9.17) is 4.74 Å². The Labute approximate surface area is 123 Å². The summed E-state index contributed by atoms with van der Waals surface area (Å²) in [5.41, 5.74) is 2.61. The van der Waals surface area contributed by atoms with Crippen molar-refractivity contribution in [3.63, 3.8) is 0 Å². The maximum atomic E-state index is 12.2. The highest BCUT2D eigenvalue weighted by Crippen LogP contribution is 2.22. The summed E-state index contributed by atoms with van der Waals surface area (Å²) < 4.78 is 5.69. The molecule has 1 heterocycles. The number of hydrogen-bond acceptors (Lipinski definition) is 2. The van der Waals surface area contributed by atoms with E-state index < -0.39 is 0 Å². The molecule has 0 fully saturated rings. The minimum atomic E-state index is 0.0127. The van der Waals surface area contributed by atoms with E-state index in [-0.39, 0.29) is 11.5 Å². The van der Waals surface area contributed by atoms with E-state index in [1.807, 2.05) is 56.3 Å². The molecule has 0 aliphatic rings. The highest BCUT2D eigenvalue weighted by Gasteiger charge is 2.06. The van der Waals surface area contributed by atoms with Crippen LogP contribution in [0.2, 0.25) is 0 Å². The van der Waals surface area contributed by atoms with Gasteiger partial charge < -0.3 is 9.72 Å². The van der Waals surface area contributed by atoms with Crippen molar-refractivity contribution in [1.82, 2.24) is 4.98 Å². The van der Waals surface area contributed by atoms with Gasteiger partial charge in [0, 0.05) is 23.2 Å². The zero-order chi connectivity index (χ0) is 14.8. The number of ether oxygens (including phenoxy) is 1. The van der Waals surface area contributed by atoms with Crippen LogP contribution in [-0.2, 0) is 0 Å². The molecule has 3 nitrogen and oxygen atoms in total. The lowest BCUT2D eigenvalue weighted by Crippen LogP contribution is -2.07. The van der Waals surface area contributed by atoms with Gasteiger partial charge in [-0.05, 0) is 31.5 Å². The lowest BCUT2D eigenvalue weighted by atomic mass is 10.1. The Morgan fingerprint density at radius 1 is 1.00 bits per heavy atom. The van der Waals surface area contributed by atoms with E-state index in [0.717, 1.165) is 22.5 Å². The van der Waals surface area contributed by atoms with Crippen LogP contribution in [-0.4, -0.2) is 11.1 Å². The maximum Gasteiger partial charge on any atom is 0.190 e. The van der Waals surface area contributed by atoms with Gasteiger partial charge in [-0.15, -0.1) is 0 Å². The molecule has 0 aliphatic heterocycles. The number of benzene rings is 2. The molecule has 0 radical (unpaired) electrons. The largest absolute Gasteiger partial charge is 0.491 e. The number of aromatic amines is 1. The summed E-state index contributed by atoms with van der Waals surface area (Å²) in [5, 5.41) is 0.672. The van der Waals surface area contributed by atoms with Crippen molar-refractivity contribution >= 4 is 10.9 Å². The molecule has 1 N–H and O–H groups in total. The molecule has 3 heteroatoms. The second kappa shape index (κ2) is 5.44. The molecule has 0 saturated heterocycles. The van der Waals surface area contributed by atoms with Crippen LogP contribution >= 0.6 is 0 Å². The summed E-state index contributed by atoms with van der Waals surface area (Å²) in [4.78, 5) is 15.6. The van der Waals surface area contributed by atoms with Gasteiger partial charge in [-0.3, -0.25) is 4.79 Å². The number of nitrogens with one attached hydrogen (secondary N) is 1. The first kappa shape index (κ1) is 13.4. The second-order valence-electron chi connectivity index (χ2n) is 5.29. The number of aromatic nitrogens is 1. The number of H-pyrrole nitrogens is 1. The highest BCUT2D eigenvalue weighted by atomic mass is 16.5. The van der Waals surface area contributed by atoms with Gasteiger partial charge in [-0.2, -0.15) is 0 Å². The van der Waals surface area contributed by atoms with Gasteiger partial charge in [0.1, 0.15) is 5.75 Å². The van der Waals surface area contributed by atoms with Crippen molar-refractivity contribution in [1.29, 1.82) is 0 Å². The van der Waals surface area contributed by atoms with E-state index in [0.29, 0.717) is 5.39 Å². The van der Waals surface area contributed by atoms with E-state index in [1.165, 1.54) is 0 Å². The third-order valence-electron chi connectivity index (χ3n) is 3.26. The van der Waals surface area contributed by atoms with E-state index in [1.54, 1.807) is 12.1 Å². The molecule has 106 valence electrons. The van der Waals surface area contributed by atoms with Gasteiger partial charge in [0.2, 0.25) is 0 Å². The van der Waals surface area contributed by atoms with E-state index in [9.17, 15) is 4.79 Å². The third-order valence-corrected chi connectivity index (χ3v) is 3.26. The second-order valence-corrected chi connectivity index (χ2v) is 5.29. The van der Waals surface area contributed by atoms with Gasteiger partial charge in [-0.1, -0.05) is 30.3 Å². The van der Waals surface area contributed by atoms with Crippen LogP contribution < -0.4 is 10.2 Å². The van der Waals surface area contributed by atoms with Crippen molar-refractivity contribution in [3.05, 3.63) is 64.8 Å². The SMILES string of the molecule is CC(C)Oc1ccc2c(=O)cc(-c3ccccc3)[nH]c2c1. The fourth-order valence-corrected chi connectivity index (χ4v) is 2.35. The first-order valence-electron chi connectivity index (χ1n) is 7.02. The van der Waals surface area contributed by atoms with E-state index in [2.05, 4.69) is 4.98 Å². The fourth-order valence-electron chi connectivity index (χ4n) is 2.35. The molecule has 0 bridgehead atoms. The molecule has 2 aromatic carbocycles. The fraction of sp³-hybridized carbons (Fsp3) is 0.167. The van der Waals surface area contributed by atoms with Gasteiger partial charge in [0.15, 0.2) is 5.43 Å². The Kier molecular flexibility index (Phi) is 3.48. The monoisotopic (exact) mass is 279 g/mol. The van der Waals surface area contributed by atoms with Gasteiger partial charge in [-0.25, -0.2) is 0 Å². The number of hydrogen-bond donors (Lipinski definition) is 1. The molecule has 0 amide bonds. The van der Waals surface area contributed by atoms with Crippen LogP contribution in [0, 0.1) is 0 Å². The standard InChI is InChI=1S/C18H17NO2/c1-12(2)21-14-8-9-15-17(10-14)19-16(11-18(15)20)13-6-4-3-5-7-13/h3-12H,1-2H3,(H,19,20). The Balaban J connectivity index is 2.15. The van der Waals surface area contributed by atoms with Gasteiger partial charge in [0.25, 0.3) is 0 Å². The lowest BCUT2D eigenvalue weighted by molar-refractivity contribution is 0.242. The number of pyridine rings is 1. The van der Waals surface area contributed by atoms with Crippen LogP contribution in [0.15, 0.2) is 59.4 Å². The molecule has 1 aromatic heterocycles. The lowest BCUT2D eigenvalue weighted by Gasteiger charge is -2.11. The minimum absolute atomic E-state index is 0.0127. The van der Waals surface area contributed by atoms with Crippen LogP contribution in [0.5, 0.6) is 5.75 Å². The molecule has 3 rings (SSSR count). The predicted octanol–water partition coefficient (Wildman–Crippen LogP) is 3.98. The normalized spacial score (nSPS) is 11.0. The smallest absolute Gasteiger partial charge is 0.190 e. The maximum absolute atomic E-state index is 12.2. The predicted molar refractivity (Wildman–Crippen MR) is 85.8 cm³/mol. The third kappa shape index (κ3) is 2.82. The van der Waals surface area contributed by atoms with Gasteiger partial charge in [0.05, 0.1) is 11.6 Å². The Morgan fingerprint density at radius 2 is 1.76 bits per heavy atom. The zero-order valence-electron chi connectivity index (χ0n) is 12.1. The number of rotatable bonds is 3. The van der Waals surface area contributed by atoms with E-state index >= 15 is 0 Å². The number of fused-ring (bicyclic) bond motifs is 1. The summed E-state index contributed by atoms with van der Waals surface area (Å²) in [6.45, 7) is 3.96. The minimum Gasteiger partial charge on any atom is -0.491 e. The average molecular weight is 279 g/mol. The molecule has 0 aliphatic carbocycles. The molecule has 0 unspecified atom stereocenters. The quantitative estimate of drug-likeness (QED) is 0.788. The molecular weight excluding hydrogens is 262 g/mol. The topological polar surface area (TPSA) is 42.1 Å². The van der Waals surface area contributed by atoms with Gasteiger partial charge >= 0.3 is 0 Å². The molecular formula is C18H17NO2. The van der Waals surface area contributed by atoms with Crippen LogP contribution in [0.4, 0.5) is 0 Å². The summed E-state index contributed by atoms with van der Waals surface area (Å²) in [7, 11) is 0. The Hall–Kier alpha value is -2.55. The van der Waals surface area contributed by atoms with Crippen molar-refractivity contribution in [2.24, 2.45) is 0 Å². The Bertz CT molecular complexity index is 819. The van der Waals surface area contributed by atoms with Crippen molar-refractivity contribution in [2.45, 2.75) is 20.0 Å². The summed E-state index contributed by atoms with van der Waals surface area (Å²) in [5.74, 6) is 0.762. The summed E-state index contributed by atoms with van der Waals surface area (Å²) in [6, 6.07) is 17.0. The molecule has 0 saturated carbocycles. The summed E-state index contributed by atoms with van der Waals surface area (Å²) >= 11 is 0. The van der Waals surface area contributed by atoms with Crippen LogP contribution in [0.3, 0.4) is 0 Å².